The Hall–Kier alpha value is -2.01. The molecule has 22 heavy (non-hydrogen) atoms. The van der Waals surface area contributed by atoms with Crippen LogP contribution in [0.5, 0.6) is 0 Å². The van der Waals surface area contributed by atoms with E-state index in [9.17, 15) is 34.8 Å². The van der Waals surface area contributed by atoms with Gasteiger partial charge in [0.25, 0.3) is 5.56 Å². The predicted octanol–water partition coefficient (Wildman–Crippen LogP) is -2.91. The largest absolute Gasteiger partial charge is 0.481 e. The van der Waals surface area contributed by atoms with Crippen molar-refractivity contribution >= 4 is 5.97 Å². The molecule has 2 heterocycles. The second-order valence-electron chi connectivity index (χ2n) is 5.11. The Labute approximate surface area is 123 Å². The lowest BCUT2D eigenvalue weighted by Gasteiger charge is -2.34. The van der Waals surface area contributed by atoms with Crippen molar-refractivity contribution in [2.24, 2.45) is 5.92 Å². The minimum Gasteiger partial charge on any atom is -0.481 e. The van der Waals surface area contributed by atoms with Gasteiger partial charge in [-0.1, -0.05) is 0 Å². The zero-order valence-corrected chi connectivity index (χ0v) is 11.5. The first-order chi connectivity index (χ1) is 10.3. The highest BCUT2D eigenvalue weighted by Crippen LogP contribution is 2.44. The third kappa shape index (κ3) is 2.25. The van der Waals surface area contributed by atoms with Crippen molar-refractivity contribution in [2.75, 3.05) is 6.61 Å². The number of H-pyrrole nitrogens is 2. The third-order valence-corrected chi connectivity index (χ3v) is 3.92. The summed E-state index contributed by atoms with van der Waals surface area (Å²) in [7, 11) is 0. The zero-order valence-electron chi connectivity index (χ0n) is 11.5. The normalized spacial score (nSPS) is 32.8. The minimum atomic E-state index is -2.11. The highest BCUT2D eigenvalue weighted by Gasteiger charge is 2.60. The van der Waals surface area contributed by atoms with Gasteiger partial charge in [0.2, 0.25) is 0 Å². The molecule has 1 saturated heterocycles. The smallest absolute Gasteiger partial charge is 0.325 e. The second kappa shape index (κ2) is 5.65. The van der Waals surface area contributed by atoms with Gasteiger partial charge < -0.3 is 30.1 Å². The predicted molar refractivity (Wildman–Crippen MR) is 70.1 cm³/mol. The molecule has 1 fully saturated rings. The number of aliphatic hydroxyl groups is 3. The Kier molecular flexibility index (Phi) is 4.20. The number of hydrogen-bond acceptors (Lipinski definition) is 7. The van der Waals surface area contributed by atoms with Crippen LogP contribution >= 0.6 is 0 Å². The third-order valence-electron chi connectivity index (χ3n) is 3.92. The molecule has 0 amide bonds. The summed E-state index contributed by atoms with van der Waals surface area (Å²) in [6.45, 7) is 0.496. The van der Waals surface area contributed by atoms with Crippen molar-refractivity contribution < 1.29 is 30.0 Å². The molecule has 6 N–H and O–H groups in total. The Morgan fingerprint density at radius 2 is 2.09 bits per heavy atom. The number of aliphatic carboxylic acids is 1. The SMILES string of the molecule is CC(C(=O)O)[C@@]1(c2c[nH]c(=O)[nH]c2=O)O[C@H](CO)[C@@H](O)[C@H]1O. The number of aliphatic hydroxyl groups excluding tert-OH is 3. The van der Waals surface area contributed by atoms with E-state index in [2.05, 4.69) is 4.98 Å². The lowest BCUT2D eigenvalue weighted by molar-refractivity contribution is -0.169. The quantitative estimate of drug-likeness (QED) is 0.343. The van der Waals surface area contributed by atoms with E-state index in [-0.39, 0.29) is 5.56 Å². The number of aromatic nitrogens is 2. The van der Waals surface area contributed by atoms with Crippen molar-refractivity contribution in [1.82, 2.24) is 9.97 Å². The van der Waals surface area contributed by atoms with Crippen molar-refractivity contribution in [3.8, 4) is 0 Å². The summed E-state index contributed by atoms with van der Waals surface area (Å²) in [5.41, 5.74) is -4.25. The van der Waals surface area contributed by atoms with Gasteiger partial charge in [0.1, 0.15) is 23.9 Å². The zero-order chi connectivity index (χ0) is 16.7. The highest BCUT2D eigenvalue weighted by atomic mass is 16.6. The number of nitrogens with one attached hydrogen (secondary N) is 2. The topological polar surface area (TPSA) is 173 Å². The summed E-state index contributed by atoms with van der Waals surface area (Å²) in [5.74, 6) is -2.84. The van der Waals surface area contributed by atoms with Gasteiger partial charge in [-0.05, 0) is 6.92 Å². The molecular weight excluding hydrogens is 300 g/mol. The summed E-state index contributed by atoms with van der Waals surface area (Å²) in [5, 5.41) is 38.6. The van der Waals surface area contributed by atoms with Crippen LogP contribution in [0.3, 0.4) is 0 Å². The first-order valence-electron chi connectivity index (χ1n) is 6.45. The fourth-order valence-corrected chi connectivity index (χ4v) is 2.69. The number of hydrogen-bond donors (Lipinski definition) is 6. The summed E-state index contributed by atoms with van der Waals surface area (Å²) < 4.78 is 5.38. The van der Waals surface area contributed by atoms with Crippen molar-refractivity contribution in [3.05, 3.63) is 32.6 Å². The van der Waals surface area contributed by atoms with Crippen LogP contribution in [-0.2, 0) is 15.1 Å². The molecule has 0 radical (unpaired) electrons. The first kappa shape index (κ1) is 16.4. The van der Waals surface area contributed by atoms with Crippen LogP contribution in [0.15, 0.2) is 15.8 Å². The van der Waals surface area contributed by atoms with Crippen molar-refractivity contribution in [1.29, 1.82) is 0 Å². The molecule has 1 aromatic rings. The Bertz CT molecular complexity index is 682. The molecule has 10 heteroatoms. The monoisotopic (exact) mass is 316 g/mol. The lowest BCUT2D eigenvalue weighted by Crippen LogP contribution is -2.51. The molecular formula is C12H16N2O8. The average Bonchev–Trinajstić information content (AvgIpc) is 2.72. The fourth-order valence-electron chi connectivity index (χ4n) is 2.69. The second-order valence-corrected chi connectivity index (χ2v) is 5.11. The number of carbonyl (C=O) groups is 1. The van der Waals surface area contributed by atoms with E-state index in [4.69, 9.17) is 4.74 Å². The molecule has 1 aliphatic rings. The van der Waals surface area contributed by atoms with Crippen LogP contribution in [0, 0.1) is 5.92 Å². The standard InChI is InChI=1S/C12H16N2O8/c1-4(10(19)20)12(5-2-13-11(21)14-9(5)18)8(17)7(16)6(3-15)22-12/h2,4,6-8,15-17H,3H2,1H3,(H,19,20)(H2,13,14,18,21)/t4?,6-,7-,8-,12+/m1/s1. The van der Waals surface area contributed by atoms with Crippen LogP contribution < -0.4 is 11.2 Å². The van der Waals surface area contributed by atoms with Gasteiger partial charge in [0.15, 0.2) is 0 Å². The molecule has 1 aromatic heterocycles. The molecule has 2 rings (SSSR count). The number of ether oxygens (including phenoxy) is 1. The van der Waals surface area contributed by atoms with E-state index in [1.54, 1.807) is 0 Å². The first-order valence-corrected chi connectivity index (χ1v) is 6.45. The molecule has 122 valence electrons. The van der Waals surface area contributed by atoms with Crippen LogP contribution in [0.2, 0.25) is 0 Å². The van der Waals surface area contributed by atoms with Crippen molar-refractivity contribution in [3.63, 3.8) is 0 Å². The van der Waals surface area contributed by atoms with E-state index < -0.39 is 53.7 Å². The van der Waals surface area contributed by atoms with Gasteiger partial charge in [0, 0.05) is 6.20 Å². The molecule has 1 unspecified atom stereocenters. The molecule has 0 aromatic carbocycles. The maximum atomic E-state index is 12.0. The van der Waals surface area contributed by atoms with E-state index in [0.29, 0.717) is 0 Å². The minimum absolute atomic E-state index is 0.357. The van der Waals surface area contributed by atoms with Crippen LogP contribution in [0.1, 0.15) is 12.5 Å². The van der Waals surface area contributed by atoms with Gasteiger partial charge >= 0.3 is 11.7 Å². The molecule has 0 spiro atoms. The average molecular weight is 316 g/mol. The van der Waals surface area contributed by atoms with Gasteiger partial charge in [-0.15, -0.1) is 0 Å². The van der Waals surface area contributed by atoms with Crippen LogP contribution in [0.25, 0.3) is 0 Å². The number of aromatic amines is 2. The molecule has 5 atom stereocenters. The Balaban J connectivity index is 2.69. The van der Waals surface area contributed by atoms with Crippen LogP contribution in [0.4, 0.5) is 0 Å². The Morgan fingerprint density at radius 1 is 1.45 bits per heavy atom. The molecule has 0 aliphatic carbocycles. The van der Waals surface area contributed by atoms with Crippen LogP contribution in [-0.4, -0.2) is 61.3 Å². The van der Waals surface area contributed by atoms with E-state index in [1.165, 1.54) is 6.92 Å². The number of rotatable bonds is 4. The molecule has 1 aliphatic heterocycles. The molecule has 0 bridgehead atoms. The van der Waals surface area contributed by atoms with Gasteiger partial charge in [-0.2, -0.15) is 0 Å². The Morgan fingerprint density at radius 3 is 2.55 bits per heavy atom. The van der Waals surface area contributed by atoms with E-state index in [1.807, 2.05) is 4.98 Å². The van der Waals surface area contributed by atoms with Gasteiger partial charge in [-0.3, -0.25) is 14.6 Å². The molecule has 10 nitrogen and oxygen atoms in total. The summed E-state index contributed by atoms with van der Waals surface area (Å²) in [4.78, 5) is 38.6. The highest BCUT2D eigenvalue weighted by molar-refractivity contribution is 5.72. The van der Waals surface area contributed by atoms with E-state index >= 15 is 0 Å². The number of carboxylic acid groups (broad SMARTS) is 1. The lowest BCUT2D eigenvalue weighted by atomic mass is 9.78. The summed E-state index contributed by atoms with van der Waals surface area (Å²) >= 11 is 0. The maximum absolute atomic E-state index is 12.0. The maximum Gasteiger partial charge on any atom is 0.325 e. The van der Waals surface area contributed by atoms with E-state index in [0.717, 1.165) is 6.20 Å². The summed E-state index contributed by atoms with van der Waals surface area (Å²) in [6.07, 6.45) is -3.74. The summed E-state index contributed by atoms with van der Waals surface area (Å²) in [6, 6.07) is 0. The number of carboxylic acids is 1. The fraction of sp³-hybridized carbons (Fsp3) is 0.583. The molecule has 0 saturated carbocycles. The van der Waals surface area contributed by atoms with Gasteiger partial charge in [-0.25, -0.2) is 4.79 Å². The van der Waals surface area contributed by atoms with Gasteiger partial charge in [0.05, 0.1) is 18.1 Å². The van der Waals surface area contributed by atoms with Crippen molar-refractivity contribution in [2.45, 2.75) is 30.8 Å².